The van der Waals surface area contributed by atoms with Crippen LogP contribution in [0.25, 0.3) is 11.1 Å². The molecule has 2 N–H and O–H groups in total. The van der Waals surface area contributed by atoms with Gasteiger partial charge in [0.05, 0.1) is 0 Å². The fraction of sp³-hybridized carbons (Fsp3) is 0.419. The molecule has 2 atom stereocenters. The molecule has 2 heterocycles. The molecule has 0 saturated carbocycles. The average Bonchev–Trinajstić information content (AvgIpc) is 2.88. The summed E-state index contributed by atoms with van der Waals surface area (Å²) >= 11 is 7.00. The molecule has 38 heavy (non-hydrogen) atoms. The fourth-order valence-electron chi connectivity index (χ4n) is 5.41. The Balaban J connectivity index is 1.71. The molecule has 0 aliphatic carbocycles. The number of hydrogen-bond acceptors (Lipinski definition) is 4. The summed E-state index contributed by atoms with van der Waals surface area (Å²) in [6, 6.07) is 18.7. The Morgan fingerprint density at radius 3 is 2.63 bits per heavy atom. The van der Waals surface area contributed by atoms with Crippen molar-refractivity contribution in [1.82, 2.24) is 9.88 Å². The lowest BCUT2D eigenvalue weighted by Gasteiger charge is -2.39. The van der Waals surface area contributed by atoms with Gasteiger partial charge in [-0.2, -0.15) is 0 Å². The van der Waals surface area contributed by atoms with Crippen LogP contribution in [-0.4, -0.2) is 53.4 Å². The van der Waals surface area contributed by atoms with E-state index in [1.807, 2.05) is 18.2 Å². The van der Waals surface area contributed by atoms with Gasteiger partial charge in [0, 0.05) is 49.5 Å². The van der Waals surface area contributed by atoms with Crippen molar-refractivity contribution in [3.63, 3.8) is 0 Å². The number of anilines is 1. The summed E-state index contributed by atoms with van der Waals surface area (Å²) in [5.74, 6) is 0.827. The van der Waals surface area contributed by atoms with Gasteiger partial charge in [-0.15, -0.1) is 0 Å². The first-order chi connectivity index (χ1) is 18.2. The van der Waals surface area contributed by atoms with Crippen molar-refractivity contribution in [2.75, 3.05) is 32.1 Å². The maximum Gasteiger partial charge on any atom is 0.407 e. The Bertz CT molecular complexity index is 1260. The predicted molar refractivity (Wildman–Crippen MR) is 154 cm³/mol. The number of carboxylic acid groups (broad SMARTS) is 1. The Hall–Kier alpha value is -3.09. The number of halogens is 1. The van der Waals surface area contributed by atoms with Gasteiger partial charge >= 0.3 is 6.09 Å². The summed E-state index contributed by atoms with van der Waals surface area (Å²) in [5, 5.41) is 14.0. The standard InChI is InChI=1S/C31H38ClN3O3/c1-31(2,3)34-29-26(12-7-16-33-29)24-15-17-35(30(36)37)20-27(24)25-14-13-22(19-28(25)32)23-11-6-5-9-21(23)10-8-18-38-4/h5-7,9,11-14,16,19,24,27H,8,10,15,17-18,20H2,1-4H3,(H,33,34)(H,36,37). The maximum atomic E-state index is 12.0. The highest BCUT2D eigenvalue weighted by Gasteiger charge is 2.36. The zero-order valence-electron chi connectivity index (χ0n) is 22.7. The molecule has 3 aromatic rings. The van der Waals surface area contributed by atoms with Crippen LogP contribution in [0.2, 0.25) is 5.02 Å². The summed E-state index contributed by atoms with van der Waals surface area (Å²) < 4.78 is 5.24. The van der Waals surface area contributed by atoms with Crippen LogP contribution in [0, 0.1) is 0 Å². The van der Waals surface area contributed by atoms with Crippen molar-refractivity contribution in [1.29, 1.82) is 0 Å². The number of benzene rings is 2. The quantitative estimate of drug-likeness (QED) is 0.293. The zero-order valence-corrected chi connectivity index (χ0v) is 23.5. The van der Waals surface area contributed by atoms with E-state index < -0.39 is 6.09 Å². The van der Waals surface area contributed by atoms with Gasteiger partial charge in [0.2, 0.25) is 0 Å². The average molecular weight is 536 g/mol. The highest BCUT2D eigenvalue weighted by molar-refractivity contribution is 6.31. The summed E-state index contributed by atoms with van der Waals surface area (Å²) in [6.07, 6.45) is 3.47. The number of likely N-dealkylation sites (tertiary alicyclic amines) is 1. The van der Waals surface area contributed by atoms with Crippen molar-refractivity contribution in [2.24, 2.45) is 0 Å². The van der Waals surface area contributed by atoms with E-state index in [0.717, 1.165) is 47.5 Å². The molecule has 2 aromatic carbocycles. The van der Waals surface area contributed by atoms with E-state index in [1.165, 1.54) is 10.5 Å². The Labute approximate surface area is 231 Å². The van der Waals surface area contributed by atoms with E-state index in [4.69, 9.17) is 16.3 Å². The number of aryl methyl sites for hydroxylation is 1. The monoisotopic (exact) mass is 535 g/mol. The molecule has 0 radical (unpaired) electrons. The second-order valence-electron chi connectivity index (χ2n) is 11.0. The second kappa shape index (κ2) is 12.2. The van der Waals surface area contributed by atoms with Crippen LogP contribution in [0.4, 0.5) is 10.6 Å². The smallest absolute Gasteiger partial charge is 0.407 e. The van der Waals surface area contributed by atoms with Gasteiger partial charge in [0.1, 0.15) is 5.82 Å². The van der Waals surface area contributed by atoms with Crippen LogP contribution in [-0.2, 0) is 11.2 Å². The highest BCUT2D eigenvalue weighted by Crippen LogP contribution is 2.45. The minimum atomic E-state index is -0.898. The zero-order chi connectivity index (χ0) is 27.3. The first kappa shape index (κ1) is 27.9. The molecule has 0 bridgehead atoms. The van der Waals surface area contributed by atoms with Crippen LogP contribution < -0.4 is 5.32 Å². The molecule has 7 heteroatoms. The highest BCUT2D eigenvalue weighted by atomic mass is 35.5. The van der Waals surface area contributed by atoms with Gasteiger partial charge in [-0.05, 0) is 85.9 Å². The minimum absolute atomic E-state index is 0.0776. The molecule has 1 amide bonds. The van der Waals surface area contributed by atoms with E-state index in [2.05, 4.69) is 67.5 Å². The van der Waals surface area contributed by atoms with Crippen LogP contribution in [0.1, 0.15) is 62.1 Å². The number of hydrogen-bond donors (Lipinski definition) is 2. The van der Waals surface area contributed by atoms with Gasteiger partial charge in [-0.3, -0.25) is 0 Å². The van der Waals surface area contributed by atoms with Crippen LogP contribution >= 0.6 is 11.6 Å². The van der Waals surface area contributed by atoms with Crippen molar-refractivity contribution in [3.8, 4) is 11.1 Å². The number of ether oxygens (including phenoxy) is 1. The second-order valence-corrected chi connectivity index (χ2v) is 11.4. The van der Waals surface area contributed by atoms with Gasteiger partial charge < -0.3 is 20.1 Å². The van der Waals surface area contributed by atoms with Crippen molar-refractivity contribution in [2.45, 2.75) is 57.4 Å². The lowest BCUT2D eigenvalue weighted by Crippen LogP contribution is -2.41. The number of methoxy groups -OCH3 is 1. The molecule has 2 unspecified atom stereocenters. The van der Waals surface area contributed by atoms with E-state index >= 15 is 0 Å². The van der Waals surface area contributed by atoms with Crippen LogP contribution in [0.3, 0.4) is 0 Å². The SMILES string of the molecule is COCCCc1ccccc1-c1ccc(C2CN(C(=O)O)CCC2c2cccnc2NC(C)(C)C)c(Cl)c1. The van der Waals surface area contributed by atoms with Gasteiger partial charge in [-0.1, -0.05) is 54.1 Å². The number of aromatic nitrogens is 1. The van der Waals surface area contributed by atoms with Crippen molar-refractivity contribution >= 4 is 23.5 Å². The normalized spacial score (nSPS) is 17.9. The lowest BCUT2D eigenvalue weighted by atomic mass is 9.76. The van der Waals surface area contributed by atoms with Gasteiger partial charge in [0.15, 0.2) is 0 Å². The van der Waals surface area contributed by atoms with Crippen LogP contribution in [0.15, 0.2) is 60.8 Å². The molecule has 0 spiro atoms. The molecule has 4 rings (SSSR count). The summed E-state index contributed by atoms with van der Waals surface area (Å²) in [6.45, 7) is 7.91. The Kier molecular flexibility index (Phi) is 8.95. The van der Waals surface area contributed by atoms with E-state index in [-0.39, 0.29) is 17.4 Å². The summed E-state index contributed by atoms with van der Waals surface area (Å²) in [7, 11) is 1.72. The predicted octanol–water partition coefficient (Wildman–Crippen LogP) is 7.44. The molecule has 1 aliphatic heterocycles. The molecule has 202 valence electrons. The molecule has 6 nitrogen and oxygen atoms in total. The number of nitrogens with one attached hydrogen (secondary N) is 1. The number of nitrogens with zero attached hydrogens (tertiary/aromatic N) is 2. The van der Waals surface area contributed by atoms with E-state index in [0.29, 0.717) is 24.5 Å². The Morgan fingerprint density at radius 1 is 1.13 bits per heavy atom. The minimum Gasteiger partial charge on any atom is -0.465 e. The van der Waals surface area contributed by atoms with Gasteiger partial charge in [0.25, 0.3) is 0 Å². The van der Waals surface area contributed by atoms with Crippen molar-refractivity contribution in [3.05, 3.63) is 82.5 Å². The largest absolute Gasteiger partial charge is 0.465 e. The molecule has 1 aliphatic rings. The molecule has 1 aromatic heterocycles. The summed E-state index contributed by atoms with van der Waals surface area (Å²) in [5.41, 5.74) is 5.39. The first-order valence-corrected chi connectivity index (χ1v) is 13.6. The molecular weight excluding hydrogens is 498 g/mol. The third-order valence-electron chi connectivity index (χ3n) is 7.14. The van der Waals surface area contributed by atoms with Crippen molar-refractivity contribution < 1.29 is 14.6 Å². The van der Waals surface area contributed by atoms with Crippen LogP contribution in [0.5, 0.6) is 0 Å². The number of pyridine rings is 1. The third-order valence-corrected chi connectivity index (χ3v) is 7.47. The van der Waals surface area contributed by atoms with E-state index in [9.17, 15) is 9.90 Å². The maximum absolute atomic E-state index is 12.0. The first-order valence-electron chi connectivity index (χ1n) is 13.3. The van der Waals surface area contributed by atoms with Gasteiger partial charge in [-0.25, -0.2) is 9.78 Å². The number of rotatable bonds is 8. The van der Waals surface area contributed by atoms with E-state index in [1.54, 1.807) is 13.3 Å². The number of carbonyl (C=O) groups is 1. The fourth-order valence-corrected chi connectivity index (χ4v) is 5.73. The lowest BCUT2D eigenvalue weighted by molar-refractivity contribution is 0.125. The summed E-state index contributed by atoms with van der Waals surface area (Å²) in [4.78, 5) is 18.1. The third kappa shape index (κ3) is 6.66. The number of amides is 1. The Morgan fingerprint density at radius 2 is 1.92 bits per heavy atom. The topological polar surface area (TPSA) is 74.7 Å². The number of piperidine rings is 1. The molecule has 1 saturated heterocycles. The molecule has 1 fully saturated rings. The molecular formula is C31H38ClN3O3.